The summed E-state index contributed by atoms with van der Waals surface area (Å²) in [5.74, 6) is 0.810. The maximum absolute atomic E-state index is 12.5. The first-order chi connectivity index (χ1) is 12.6. The van der Waals surface area contributed by atoms with Gasteiger partial charge in [0.15, 0.2) is 5.16 Å². The van der Waals surface area contributed by atoms with Gasteiger partial charge in [0.2, 0.25) is 5.91 Å². The molecule has 1 amide bonds. The number of para-hydroxylation sites is 1. The van der Waals surface area contributed by atoms with Crippen molar-refractivity contribution in [2.24, 2.45) is 0 Å². The number of carbonyl (C=O) groups is 1. The van der Waals surface area contributed by atoms with Crippen LogP contribution in [0.2, 0.25) is 0 Å². The Morgan fingerprint density at radius 1 is 1.35 bits per heavy atom. The second-order valence-corrected chi connectivity index (χ2v) is 7.31. The van der Waals surface area contributed by atoms with E-state index in [0.29, 0.717) is 28.5 Å². The number of hydrogen-bond donors (Lipinski definition) is 1. The van der Waals surface area contributed by atoms with Gasteiger partial charge >= 0.3 is 0 Å². The highest BCUT2D eigenvalue weighted by atomic mass is 32.2. The molecule has 2 heterocycles. The van der Waals surface area contributed by atoms with Crippen molar-refractivity contribution in [3.05, 3.63) is 51.6 Å². The number of nitrogens with zero attached hydrogens (tertiary/aromatic N) is 2. The molecule has 6 nitrogen and oxygen atoms in total. The van der Waals surface area contributed by atoms with E-state index in [1.54, 1.807) is 11.7 Å². The molecule has 0 spiro atoms. The summed E-state index contributed by atoms with van der Waals surface area (Å²) in [6.45, 7) is 2.81. The summed E-state index contributed by atoms with van der Waals surface area (Å²) >= 11 is 2.66. The number of ether oxygens (including phenoxy) is 1. The monoisotopic (exact) mass is 389 g/mol. The van der Waals surface area contributed by atoms with Crippen LogP contribution in [0.3, 0.4) is 0 Å². The van der Waals surface area contributed by atoms with Crippen molar-refractivity contribution in [3.8, 4) is 5.75 Å². The molecule has 0 aliphatic carbocycles. The molecule has 1 aromatic carbocycles. The standard InChI is InChI=1S/C18H19N3O3S2/c1-3-21-17(23)16-13(8-9-25-16)20-18(21)26-11-15(22)19-10-12-6-4-5-7-14(12)24-2/h4-9H,3,10-11H2,1-2H3,(H,19,22). The minimum Gasteiger partial charge on any atom is -0.496 e. The average Bonchev–Trinajstić information content (AvgIpc) is 3.14. The third kappa shape index (κ3) is 3.91. The lowest BCUT2D eigenvalue weighted by atomic mass is 10.2. The Labute approximate surface area is 159 Å². The molecule has 3 aromatic rings. The van der Waals surface area contributed by atoms with Crippen molar-refractivity contribution in [1.29, 1.82) is 0 Å². The predicted octanol–water partition coefficient (Wildman–Crippen LogP) is 2.90. The van der Waals surface area contributed by atoms with Crippen LogP contribution in [-0.2, 0) is 17.9 Å². The van der Waals surface area contributed by atoms with Gasteiger partial charge in [-0.25, -0.2) is 4.98 Å². The summed E-state index contributed by atoms with van der Waals surface area (Å²) in [4.78, 5) is 29.2. The van der Waals surface area contributed by atoms with E-state index in [0.717, 1.165) is 11.3 Å². The fraction of sp³-hybridized carbons (Fsp3) is 0.278. The zero-order valence-electron chi connectivity index (χ0n) is 14.5. The van der Waals surface area contributed by atoms with E-state index in [9.17, 15) is 9.59 Å². The molecule has 0 aliphatic rings. The van der Waals surface area contributed by atoms with Crippen molar-refractivity contribution in [2.45, 2.75) is 25.2 Å². The Balaban J connectivity index is 1.66. The Kier molecular flexibility index (Phi) is 5.95. The van der Waals surface area contributed by atoms with E-state index in [2.05, 4.69) is 10.3 Å². The van der Waals surface area contributed by atoms with Crippen LogP contribution in [0.4, 0.5) is 0 Å². The normalized spacial score (nSPS) is 10.8. The second kappa shape index (κ2) is 8.37. The number of nitrogens with one attached hydrogen (secondary N) is 1. The quantitative estimate of drug-likeness (QED) is 0.497. The Hall–Kier alpha value is -2.32. The molecule has 26 heavy (non-hydrogen) atoms. The molecule has 0 fully saturated rings. The maximum Gasteiger partial charge on any atom is 0.272 e. The lowest BCUT2D eigenvalue weighted by molar-refractivity contribution is -0.118. The zero-order chi connectivity index (χ0) is 18.5. The molecule has 8 heteroatoms. The van der Waals surface area contributed by atoms with E-state index in [-0.39, 0.29) is 17.2 Å². The zero-order valence-corrected chi connectivity index (χ0v) is 16.2. The molecule has 0 atom stereocenters. The fourth-order valence-corrected chi connectivity index (χ4v) is 4.21. The highest BCUT2D eigenvalue weighted by Crippen LogP contribution is 2.21. The van der Waals surface area contributed by atoms with E-state index >= 15 is 0 Å². The number of fused-ring (bicyclic) bond motifs is 1. The number of amides is 1. The van der Waals surface area contributed by atoms with Crippen LogP contribution in [0.5, 0.6) is 5.75 Å². The number of thiophene rings is 1. The van der Waals surface area contributed by atoms with E-state index in [1.165, 1.54) is 23.1 Å². The number of aromatic nitrogens is 2. The van der Waals surface area contributed by atoms with E-state index in [1.807, 2.05) is 42.6 Å². The molecule has 0 radical (unpaired) electrons. The smallest absolute Gasteiger partial charge is 0.272 e. The third-order valence-corrected chi connectivity index (χ3v) is 5.72. The van der Waals surface area contributed by atoms with Gasteiger partial charge in [-0.05, 0) is 24.4 Å². The minimum absolute atomic E-state index is 0.0515. The molecular formula is C18H19N3O3S2. The summed E-state index contributed by atoms with van der Waals surface area (Å²) in [5, 5.41) is 5.30. The first-order valence-corrected chi connectivity index (χ1v) is 10.00. The van der Waals surface area contributed by atoms with Gasteiger partial charge < -0.3 is 10.1 Å². The van der Waals surface area contributed by atoms with Gasteiger partial charge in [0.05, 0.1) is 18.4 Å². The average molecular weight is 390 g/mol. The van der Waals surface area contributed by atoms with Crippen LogP contribution >= 0.6 is 23.1 Å². The van der Waals surface area contributed by atoms with Gasteiger partial charge in [-0.2, -0.15) is 0 Å². The fourth-order valence-electron chi connectivity index (χ4n) is 2.54. The second-order valence-electron chi connectivity index (χ2n) is 5.46. The topological polar surface area (TPSA) is 73.2 Å². The van der Waals surface area contributed by atoms with Crippen molar-refractivity contribution < 1.29 is 9.53 Å². The van der Waals surface area contributed by atoms with Gasteiger partial charge in [0.1, 0.15) is 10.4 Å². The number of rotatable bonds is 7. The predicted molar refractivity (Wildman–Crippen MR) is 105 cm³/mol. The highest BCUT2D eigenvalue weighted by molar-refractivity contribution is 7.99. The summed E-state index contributed by atoms with van der Waals surface area (Å²) < 4.78 is 7.54. The Bertz CT molecular complexity index is 981. The minimum atomic E-state index is -0.122. The van der Waals surface area contributed by atoms with Crippen molar-refractivity contribution in [2.75, 3.05) is 12.9 Å². The number of methoxy groups -OCH3 is 1. The maximum atomic E-state index is 12.5. The van der Waals surface area contributed by atoms with Crippen LogP contribution in [0.15, 0.2) is 45.7 Å². The highest BCUT2D eigenvalue weighted by Gasteiger charge is 2.13. The number of carbonyl (C=O) groups excluding carboxylic acids is 1. The Morgan fingerprint density at radius 2 is 2.15 bits per heavy atom. The SMILES string of the molecule is CCn1c(SCC(=O)NCc2ccccc2OC)nc2ccsc2c1=O. The lowest BCUT2D eigenvalue weighted by Gasteiger charge is -2.11. The number of hydrogen-bond acceptors (Lipinski definition) is 6. The molecule has 136 valence electrons. The first kappa shape index (κ1) is 18.5. The molecule has 1 N–H and O–H groups in total. The summed E-state index contributed by atoms with van der Waals surface area (Å²) in [6.07, 6.45) is 0. The van der Waals surface area contributed by atoms with Gasteiger partial charge in [0.25, 0.3) is 5.56 Å². The van der Waals surface area contributed by atoms with Crippen molar-refractivity contribution in [1.82, 2.24) is 14.9 Å². The van der Waals surface area contributed by atoms with Crippen LogP contribution in [0, 0.1) is 0 Å². The molecule has 0 aliphatic heterocycles. The number of thioether (sulfide) groups is 1. The van der Waals surface area contributed by atoms with Gasteiger partial charge in [0, 0.05) is 18.7 Å². The summed E-state index contributed by atoms with van der Waals surface area (Å²) in [6, 6.07) is 9.38. The van der Waals surface area contributed by atoms with Gasteiger partial charge in [-0.1, -0.05) is 30.0 Å². The van der Waals surface area contributed by atoms with Gasteiger partial charge in [-0.3, -0.25) is 14.2 Å². The summed E-state index contributed by atoms with van der Waals surface area (Å²) in [5.41, 5.74) is 1.54. The molecule has 0 saturated heterocycles. The van der Waals surface area contributed by atoms with Crippen LogP contribution < -0.4 is 15.6 Å². The van der Waals surface area contributed by atoms with E-state index < -0.39 is 0 Å². The van der Waals surface area contributed by atoms with Gasteiger partial charge in [-0.15, -0.1) is 11.3 Å². The first-order valence-electron chi connectivity index (χ1n) is 8.13. The molecule has 0 bridgehead atoms. The molecular weight excluding hydrogens is 370 g/mol. The molecule has 2 aromatic heterocycles. The van der Waals surface area contributed by atoms with Crippen molar-refractivity contribution in [3.63, 3.8) is 0 Å². The lowest BCUT2D eigenvalue weighted by Crippen LogP contribution is -2.26. The molecule has 0 unspecified atom stereocenters. The molecule has 0 saturated carbocycles. The number of benzene rings is 1. The molecule has 3 rings (SSSR count). The van der Waals surface area contributed by atoms with Crippen LogP contribution in [0.1, 0.15) is 12.5 Å². The van der Waals surface area contributed by atoms with Crippen LogP contribution in [0.25, 0.3) is 10.2 Å². The third-order valence-electron chi connectivity index (χ3n) is 3.85. The summed E-state index contributed by atoms with van der Waals surface area (Å²) in [7, 11) is 1.60. The van der Waals surface area contributed by atoms with E-state index in [4.69, 9.17) is 4.74 Å². The van der Waals surface area contributed by atoms with Crippen molar-refractivity contribution >= 4 is 39.2 Å². The largest absolute Gasteiger partial charge is 0.496 e. The Morgan fingerprint density at radius 3 is 2.92 bits per heavy atom. The van der Waals surface area contributed by atoms with Crippen LogP contribution in [-0.4, -0.2) is 28.3 Å².